The zero-order valence-electron chi connectivity index (χ0n) is 14.5. The van der Waals surface area contributed by atoms with Crippen molar-refractivity contribution >= 4 is 11.8 Å². The van der Waals surface area contributed by atoms with Gasteiger partial charge in [0.2, 0.25) is 5.91 Å². The number of ether oxygens (including phenoxy) is 1. The number of carbonyl (C=O) groups excluding carboxylic acids is 2. The standard InChI is InChI=1S/C18H27N3O3/c1-3-15-11-21(13(2)22)9-8-17(15)20-10-14-4-6-16(7-5-14)24-12-18(19)23/h4-7,15,17,20H,3,8-12H2,1-2H3,(H2,19,23)/t15-,17-/m1/s1. The van der Waals surface area contributed by atoms with Gasteiger partial charge in [-0.25, -0.2) is 0 Å². The number of hydrogen-bond acceptors (Lipinski definition) is 4. The van der Waals surface area contributed by atoms with E-state index in [1.807, 2.05) is 29.2 Å². The first-order chi connectivity index (χ1) is 11.5. The molecule has 2 rings (SSSR count). The number of benzene rings is 1. The summed E-state index contributed by atoms with van der Waals surface area (Å²) in [5.74, 6) is 0.807. The van der Waals surface area contributed by atoms with E-state index in [2.05, 4.69) is 12.2 Å². The fourth-order valence-corrected chi connectivity index (χ4v) is 3.11. The molecule has 1 fully saturated rings. The summed E-state index contributed by atoms with van der Waals surface area (Å²) in [6.45, 7) is 6.14. The molecule has 0 radical (unpaired) electrons. The van der Waals surface area contributed by atoms with Gasteiger partial charge >= 0.3 is 0 Å². The van der Waals surface area contributed by atoms with Crippen LogP contribution in [-0.4, -0.2) is 42.5 Å². The number of amides is 2. The van der Waals surface area contributed by atoms with Crippen LogP contribution in [0.4, 0.5) is 0 Å². The molecule has 0 aliphatic carbocycles. The molecule has 0 saturated carbocycles. The second kappa shape index (κ2) is 8.68. The second-order valence-corrected chi connectivity index (χ2v) is 6.31. The van der Waals surface area contributed by atoms with Crippen molar-refractivity contribution in [2.24, 2.45) is 11.7 Å². The highest BCUT2D eigenvalue weighted by Crippen LogP contribution is 2.21. The summed E-state index contributed by atoms with van der Waals surface area (Å²) in [5, 5.41) is 3.62. The Morgan fingerprint density at radius 1 is 1.33 bits per heavy atom. The summed E-state index contributed by atoms with van der Waals surface area (Å²) in [4.78, 5) is 24.2. The van der Waals surface area contributed by atoms with Gasteiger partial charge in [0.25, 0.3) is 5.91 Å². The van der Waals surface area contributed by atoms with Gasteiger partial charge in [-0.15, -0.1) is 0 Å². The van der Waals surface area contributed by atoms with Gasteiger partial charge in [-0.3, -0.25) is 9.59 Å². The van der Waals surface area contributed by atoms with E-state index in [4.69, 9.17) is 10.5 Å². The molecule has 1 aliphatic heterocycles. The average molecular weight is 333 g/mol. The highest BCUT2D eigenvalue weighted by molar-refractivity contribution is 5.75. The molecule has 1 aliphatic rings. The minimum absolute atomic E-state index is 0.107. The Bertz CT molecular complexity index is 559. The van der Waals surface area contributed by atoms with Crippen LogP contribution in [-0.2, 0) is 16.1 Å². The molecular weight excluding hydrogens is 306 g/mol. The third-order valence-electron chi connectivity index (χ3n) is 4.58. The smallest absolute Gasteiger partial charge is 0.255 e. The Kier molecular flexibility index (Phi) is 6.61. The molecule has 0 bridgehead atoms. The van der Waals surface area contributed by atoms with E-state index in [9.17, 15) is 9.59 Å². The molecule has 6 nitrogen and oxygen atoms in total. The van der Waals surface area contributed by atoms with Crippen molar-refractivity contribution in [2.45, 2.75) is 39.3 Å². The number of nitrogens with one attached hydrogen (secondary N) is 1. The topological polar surface area (TPSA) is 84.7 Å². The summed E-state index contributed by atoms with van der Waals surface area (Å²) in [6.07, 6.45) is 2.04. The highest BCUT2D eigenvalue weighted by Gasteiger charge is 2.28. The molecule has 0 aromatic heterocycles. The second-order valence-electron chi connectivity index (χ2n) is 6.31. The quantitative estimate of drug-likeness (QED) is 0.787. The van der Waals surface area contributed by atoms with Gasteiger partial charge in [0.15, 0.2) is 6.61 Å². The lowest BCUT2D eigenvalue weighted by Crippen LogP contribution is -2.50. The van der Waals surface area contributed by atoms with E-state index in [0.29, 0.717) is 17.7 Å². The van der Waals surface area contributed by atoms with Gasteiger partial charge in [-0.1, -0.05) is 25.5 Å². The van der Waals surface area contributed by atoms with E-state index in [-0.39, 0.29) is 12.5 Å². The number of likely N-dealkylation sites (tertiary alicyclic amines) is 1. The molecule has 0 unspecified atom stereocenters. The van der Waals surface area contributed by atoms with Gasteiger partial charge in [0, 0.05) is 32.6 Å². The Morgan fingerprint density at radius 3 is 2.62 bits per heavy atom. The molecule has 3 N–H and O–H groups in total. The third-order valence-corrected chi connectivity index (χ3v) is 4.58. The first kappa shape index (κ1) is 18.3. The SMILES string of the molecule is CC[C@@H]1CN(C(C)=O)CC[C@H]1NCc1ccc(OCC(N)=O)cc1. The molecule has 1 saturated heterocycles. The largest absolute Gasteiger partial charge is 0.484 e. The molecule has 1 aromatic rings. The van der Waals surface area contributed by atoms with Crippen LogP contribution in [0.2, 0.25) is 0 Å². The van der Waals surface area contributed by atoms with Crippen molar-refractivity contribution in [3.63, 3.8) is 0 Å². The maximum Gasteiger partial charge on any atom is 0.255 e. The zero-order valence-corrected chi connectivity index (χ0v) is 14.5. The van der Waals surface area contributed by atoms with Gasteiger partial charge < -0.3 is 20.7 Å². The first-order valence-electron chi connectivity index (χ1n) is 8.48. The lowest BCUT2D eigenvalue weighted by atomic mass is 9.89. The minimum Gasteiger partial charge on any atom is -0.484 e. The third kappa shape index (κ3) is 5.23. The van der Waals surface area contributed by atoms with Crippen molar-refractivity contribution in [1.82, 2.24) is 10.2 Å². The van der Waals surface area contributed by atoms with Crippen molar-refractivity contribution < 1.29 is 14.3 Å². The van der Waals surface area contributed by atoms with Crippen LogP contribution in [0, 0.1) is 5.92 Å². The molecule has 24 heavy (non-hydrogen) atoms. The van der Waals surface area contributed by atoms with Crippen LogP contribution >= 0.6 is 0 Å². The minimum atomic E-state index is -0.483. The summed E-state index contributed by atoms with van der Waals surface area (Å²) >= 11 is 0. The summed E-state index contributed by atoms with van der Waals surface area (Å²) in [6, 6.07) is 8.08. The number of nitrogens with two attached hydrogens (primary N) is 1. The Hall–Kier alpha value is -2.08. The molecule has 2 amide bonds. The van der Waals surface area contributed by atoms with Gasteiger partial charge in [0.05, 0.1) is 0 Å². The fraction of sp³-hybridized carbons (Fsp3) is 0.556. The van der Waals surface area contributed by atoms with Crippen molar-refractivity contribution in [3.05, 3.63) is 29.8 Å². The monoisotopic (exact) mass is 333 g/mol. The lowest BCUT2D eigenvalue weighted by Gasteiger charge is -2.38. The van der Waals surface area contributed by atoms with Crippen LogP contribution in [0.1, 0.15) is 32.3 Å². The Labute approximate surface area is 143 Å². The van der Waals surface area contributed by atoms with Crippen molar-refractivity contribution in [1.29, 1.82) is 0 Å². The maximum absolute atomic E-state index is 11.5. The van der Waals surface area contributed by atoms with E-state index in [0.717, 1.165) is 38.0 Å². The molecular formula is C18H27N3O3. The highest BCUT2D eigenvalue weighted by atomic mass is 16.5. The van der Waals surface area contributed by atoms with E-state index >= 15 is 0 Å². The van der Waals surface area contributed by atoms with Crippen LogP contribution in [0.3, 0.4) is 0 Å². The summed E-state index contributed by atoms with van der Waals surface area (Å²) in [5.41, 5.74) is 6.21. The summed E-state index contributed by atoms with van der Waals surface area (Å²) in [7, 11) is 0. The van der Waals surface area contributed by atoms with Crippen LogP contribution in [0.5, 0.6) is 5.75 Å². The zero-order chi connectivity index (χ0) is 17.5. The molecule has 2 atom stereocenters. The number of carbonyl (C=O) groups is 2. The van der Waals surface area contributed by atoms with E-state index < -0.39 is 5.91 Å². The first-order valence-corrected chi connectivity index (χ1v) is 8.48. The molecule has 6 heteroatoms. The van der Waals surface area contributed by atoms with E-state index in [1.165, 1.54) is 0 Å². The molecule has 0 spiro atoms. The summed E-state index contributed by atoms with van der Waals surface area (Å²) < 4.78 is 5.25. The number of nitrogens with zero attached hydrogens (tertiary/aromatic N) is 1. The maximum atomic E-state index is 11.5. The lowest BCUT2D eigenvalue weighted by molar-refractivity contribution is -0.131. The predicted octanol–water partition coefficient (Wildman–Crippen LogP) is 1.29. The van der Waals surface area contributed by atoms with E-state index in [1.54, 1.807) is 6.92 Å². The molecule has 132 valence electrons. The Morgan fingerprint density at radius 2 is 2.04 bits per heavy atom. The van der Waals surface area contributed by atoms with Gasteiger partial charge in [-0.2, -0.15) is 0 Å². The van der Waals surface area contributed by atoms with Gasteiger partial charge in [-0.05, 0) is 30.0 Å². The van der Waals surface area contributed by atoms with Crippen LogP contribution in [0.15, 0.2) is 24.3 Å². The normalized spacial score (nSPS) is 20.7. The van der Waals surface area contributed by atoms with Crippen LogP contribution in [0.25, 0.3) is 0 Å². The number of hydrogen-bond donors (Lipinski definition) is 2. The van der Waals surface area contributed by atoms with Crippen molar-refractivity contribution in [2.75, 3.05) is 19.7 Å². The predicted molar refractivity (Wildman–Crippen MR) is 92.4 cm³/mol. The van der Waals surface area contributed by atoms with Gasteiger partial charge in [0.1, 0.15) is 5.75 Å². The molecule has 1 aromatic carbocycles. The number of piperidine rings is 1. The number of primary amides is 1. The van der Waals surface area contributed by atoms with Crippen molar-refractivity contribution in [3.8, 4) is 5.75 Å². The molecule has 1 heterocycles. The Balaban J connectivity index is 1.84. The average Bonchev–Trinajstić information content (AvgIpc) is 2.58. The fourth-order valence-electron chi connectivity index (χ4n) is 3.11. The number of rotatable bonds is 7. The van der Waals surface area contributed by atoms with Crippen LogP contribution < -0.4 is 15.8 Å².